The Labute approximate surface area is 127 Å². The predicted molar refractivity (Wildman–Crippen MR) is 85.7 cm³/mol. The lowest BCUT2D eigenvalue weighted by atomic mass is 9.98. The van der Waals surface area contributed by atoms with Gasteiger partial charge in [0.25, 0.3) is 0 Å². The van der Waals surface area contributed by atoms with E-state index in [9.17, 15) is 0 Å². The molecule has 0 saturated carbocycles. The van der Waals surface area contributed by atoms with Crippen molar-refractivity contribution in [1.82, 2.24) is 5.32 Å². The van der Waals surface area contributed by atoms with Gasteiger partial charge in [0.2, 0.25) is 0 Å². The summed E-state index contributed by atoms with van der Waals surface area (Å²) in [5.74, 6) is 2.40. The van der Waals surface area contributed by atoms with Gasteiger partial charge in [-0.25, -0.2) is 0 Å². The molecule has 0 spiro atoms. The molecule has 0 aliphatic rings. The molecule has 0 saturated heterocycles. The maximum atomic E-state index is 5.90. The molecule has 3 heteroatoms. The fourth-order valence-electron chi connectivity index (χ4n) is 2.44. The standard InChI is InChI=1S/C18H25NO2/c1-5-19-11-18-15(8-9-20-18)12-21-16-6-7-17(13(2)3)14(4)10-16/h6-10,13,19H,5,11-12H2,1-4H3. The number of rotatable bonds is 7. The van der Waals surface area contributed by atoms with E-state index in [4.69, 9.17) is 9.15 Å². The maximum Gasteiger partial charge on any atom is 0.124 e. The predicted octanol–water partition coefficient (Wildman–Crippen LogP) is 4.40. The Morgan fingerprint density at radius 2 is 2.05 bits per heavy atom. The van der Waals surface area contributed by atoms with E-state index in [1.54, 1.807) is 6.26 Å². The minimum atomic E-state index is 0.539. The molecule has 0 amide bonds. The number of benzene rings is 1. The first kappa shape index (κ1) is 15.6. The number of ether oxygens (including phenoxy) is 1. The Morgan fingerprint density at radius 1 is 1.24 bits per heavy atom. The summed E-state index contributed by atoms with van der Waals surface area (Å²) in [7, 11) is 0. The molecule has 0 aliphatic carbocycles. The molecule has 1 N–H and O–H groups in total. The van der Waals surface area contributed by atoms with Gasteiger partial charge in [0, 0.05) is 5.56 Å². The third-order valence-electron chi connectivity index (χ3n) is 3.63. The fraction of sp³-hybridized carbons (Fsp3) is 0.444. The van der Waals surface area contributed by atoms with Crippen LogP contribution in [0.15, 0.2) is 34.9 Å². The Hall–Kier alpha value is -1.74. The minimum Gasteiger partial charge on any atom is -0.489 e. The molecular formula is C18H25NO2. The molecule has 0 unspecified atom stereocenters. The molecule has 0 aliphatic heterocycles. The minimum absolute atomic E-state index is 0.539. The SMILES string of the molecule is CCNCc1occc1COc1ccc(C(C)C)c(C)c1. The molecule has 2 aromatic rings. The lowest BCUT2D eigenvalue weighted by Gasteiger charge is -2.12. The third kappa shape index (κ3) is 4.11. The van der Waals surface area contributed by atoms with E-state index in [1.165, 1.54) is 11.1 Å². The number of hydrogen-bond donors (Lipinski definition) is 1. The number of hydrogen-bond acceptors (Lipinski definition) is 3. The molecule has 3 nitrogen and oxygen atoms in total. The summed E-state index contributed by atoms with van der Waals surface area (Å²) < 4.78 is 11.4. The monoisotopic (exact) mass is 287 g/mol. The quantitative estimate of drug-likeness (QED) is 0.819. The van der Waals surface area contributed by atoms with Crippen molar-refractivity contribution in [2.24, 2.45) is 0 Å². The van der Waals surface area contributed by atoms with Gasteiger partial charge in [0.1, 0.15) is 18.1 Å². The van der Waals surface area contributed by atoms with Crippen LogP contribution in [0.1, 0.15) is 49.1 Å². The van der Waals surface area contributed by atoms with Crippen molar-refractivity contribution in [2.45, 2.75) is 46.8 Å². The normalized spacial score (nSPS) is 11.1. The van der Waals surface area contributed by atoms with E-state index in [-0.39, 0.29) is 0 Å². The van der Waals surface area contributed by atoms with Crippen LogP contribution in [-0.2, 0) is 13.2 Å². The van der Waals surface area contributed by atoms with Gasteiger partial charge < -0.3 is 14.5 Å². The molecule has 0 fully saturated rings. The van der Waals surface area contributed by atoms with Crippen molar-refractivity contribution in [2.75, 3.05) is 6.54 Å². The van der Waals surface area contributed by atoms with E-state index in [0.29, 0.717) is 12.5 Å². The Balaban J connectivity index is 2.00. The van der Waals surface area contributed by atoms with Crippen LogP contribution in [0.5, 0.6) is 5.75 Å². The van der Waals surface area contributed by atoms with Gasteiger partial charge in [-0.3, -0.25) is 0 Å². The van der Waals surface area contributed by atoms with Gasteiger partial charge in [0.15, 0.2) is 0 Å². The second-order valence-corrected chi connectivity index (χ2v) is 5.61. The number of furan rings is 1. The average Bonchev–Trinajstić information content (AvgIpc) is 2.90. The van der Waals surface area contributed by atoms with Gasteiger partial charge in [-0.15, -0.1) is 0 Å². The zero-order valence-electron chi connectivity index (χ0n) is 13.4. The summed E-state index contributed by atoms with van der Waals surface area (Å²) in [5, 5.41) is 3.27. The topological polar surface area (TPSA) is 34.4 Å². The Kier molecular flexibility index (Phi) is 5.45. The van der Waals surface area contributed by atoms with E-state index in [0.717, 1.165) is 30.2 Å². The molecule has 0 bridgehead atoms. The van der Waals surface area contributed by atoms with Crippen LogP contribution in [0.25, 0.3) is 0 Å². The Bertz CT molecular complexity index is 572. The van der Waals surface area contributed by atoms with E-state index < -0.39 is 0 Å². The highest BCUT2D eigenvalue weighted by Crippen LogP contribution is 2.24. The summed E-state index contributed by atoms with van der Waals surface area (Å²) >= 11 is 0. The van der Waals surface area contributed by atoms with Crippen LogP contribution in [0.3, 0.4) is 0 Å². The third-order valence-corrected chi connectivity index (χ3v) is 3.63. The number of aryl methyl sites for hydroxylation is 1. The number of nitrogens with one attached hydrogen (secondary N) is 1. The van der Waals surface area contributed by atoms with E-state index in [1.807, 2.05) is 12.1 Å². The maximum absolute atomic E-state index is 5.90. The van der Waals surface area contributed by atoms with Crippen molar-refractivity contribution >= 4 is 0 Å². The summed E-state index contributed by atoms with van der Waals surface area (Å²) in [6, 6.07) is 8.29. The molecule has 0 radical (unpaired) electrons. The highest BCUT2D eigenvalue weighted by molar-refractivity contribution is 5.36. The largest absolute Gasteiger partial charge is 0.489 e. The summed E-state index contributed by atoms with van der Waals surface area (Å²) in [6.45, 7) is 10.8. The molecule has 1 heterocycles. The summed E-state index contributed by atoms with van der Waals surface area (Å²) in [4.78, 5) is 0. The molecule has 21 heavy (non-hydrogen) atoms. The molecule has 0 atom stereocenters. The van der Waals surface area contributed by atoms with Crippen molar-refractivity contribution in [3.63, 3.8) is 0 Å². The fourth-order valence-corrected chi connectivity index (χ4v) is 2.44. The highest BCUT2D eigenvalue weighted by Gasteiger charge is 2.08. The van der Waals surface area contributed by atoms with Gasteiger partial charge in [-0.2, -0.15) is 0 Å². The second kappa shape index (κ2) is 7.32. The highest BCUT2D eigenvalue weighted by atomic mass is 16.5. The van der Waals surface area contributed by atoms with Crippen LogP contribution >= 0.6 is 0 Å². The summed E-state index contributed by atoms with van der Waals surface area (Å²) in [6.07, 6.45) is 1.72. The molecule has 1 aromatic carbocycles. The lowest BCUT2D eigenvalue weighted by Crippen LogP contribution is -2.12. The van der Waals surface area contributed by atoms with E-state index >= 15 is 0 Å². The van der Waals surface area contributed by atoms with Crippen LogP contribution in [-0.4, -0.2) is 6.54 Å². The van der Waals surface area contributed by atoms with Crippen molar-refractivity contribution in [1.29, 1.82) is 0 Å². The van der Waals surface area contributed by atoms with Crippen LogP contribution in [0, 0.1) is 6.92 Å². The molecule has 1 aromatic heterocycles. The van der Waals surface area contributed by atoms with Crippen molar-refractivity contribution in [3.05, 3.63) is 53.0 Å². The van der Waals surface area contributed by atoms with Crippen LogP contribution < -0.4 is 10.1 Å². The lowest BCUT2D eigenvalue weighted by molar-refractivity contribution is 0.301. The van der Waals surface area contributed by atoms with Gasteiger partial charge >= 0.3 is 0 Å². The Morgan fingerprint density at radius 3 is 2.71 bits per heavy atom. The zero-order valence-corrected chi connectivity index (χ0v) is 13.4. The zero-order chi connectivity index (χ0) is 15.2. The van der Waals surface area contributed by atoms with Gasteiger partial charge in [-0.1, -0.05) is 26.8 Å². The van der Waals surface area contributed by atoms with Crippen molar-refractivity contribution in [3.8, 4) is 5.75 Å². The van der Waals surface area contributed by atoms with Crippen LogP contribution in [0.2, 0.25) is 0 Å². The smallest absolute Gasteiger partial charge is 0.124 e. The molecule has 114 valence electrons. The van der Waals surface area contributed by atoms with E-state index in [2.05, 4.69) is 45.1 Å². The average molecular weight is 287 g/mol. The first-order valence-corrected chi connectivity index (χ1v) is 7.61. The first-order chi connectivity index (χ1) is 10.1. The second-order valence-electron chi connectivity index (χ2n) is 5.61. The molecular weight excluding hydrogens is 262 g/mol. The van der Waals surface area contributed by atoms with Gasteiger partial charge in [0.05, 0.1) is 12.8 Å². The van der Waals surface area contributed by atoms with Gasteiger partial charge in [-0.05, 0) is 48.7 Å². The van der Waals surface area contributed by atoms with Crippen LogP contribution in [0.4, 0.5) is 0 Å². The van der Waals surface area contributed by atoms with Crippen molar-refractivity contribution < 1.29 is 9.15 Å². The first-order valence-electron chi connectivity index (χ1n) is 7.61. The molecule has 2 rings (SSSR count). The summed E-state index contributed by atoms with van der Waals surface area (Å²) in [5.41, 5.74) is 3.75.